The van der Waals surface area contributed by atoms with Gasteiger partial charge in [-0.15, -0.1) is 0 Å². The standard InChI is InChI=1S/C22H24N4O4S2/c1-12-7-13(2)10-24(9-12)19-15(20(29)25-6-4-5-14(3)18(25)23-19)8-16-21(30)26(11-17(27)28)22(31)32-16/h4-6,8,12-13H,7,9-11H2,1-3H3,(H,27,28)/b16-8-. The van der Waals surface area contributed by atoms with Crippen molar-refractivity contribution in [1.82, 2.24) is 14.3 Å². The number of thiocarbonyl (C=S) groups is 1. The highest BCUT2D eigenvalue weighted by molar-refractivity contribution is 8.26. The van der Waals surface area contributed by atoms with E-state index in [2.05, 4.69) is 18.7 Å². The number of aromatic nitrogens is 2. The fourth-order valence-corrected chi connectivity index (χ4v) is 5.64. The lowest BCUT2D eigenvalue weighted by Crippen LogP contribution is -2.40. The van der Waals surface area contributed by atoms with E-state index in [1.54, 1.807) is 12.3 Å². The molecule has 10 heteroatoms. The Hall–Kier alpha value is -2.72. The van der Waals surface area contributed by atoms with E-state index in [9.17, 15) is 14.4 Å². The zero-order chi connectivity index (χ0) is 23.2. The fraction of sp³-hybridized carbons (Fsp3) is 0.409. The molecule has 2 atom stereocenters. The molecular weight excluding hydrogens is 448 g/mol. The summed E-state index contributed by atoms with van der Waals surface area (Å²) in [5.74, 6) is -0.230. The number of carboxylic acid groups (broad SMARTS) is 1. The monoisotopic (exact) mass is 472 g/mol. The number of anilines is 1. The molecular formula is C22H24N4O4S2. The number of amides is 1. The van der Waals surface area contributed by atoms with E-state index in [4.69, 9.17) is 22.3 Å². The summed E-state index contributed by atoms with van der Waals surface area (Å²) in [6.45, 7) is 7.28. The number of carboxylic acids is 1. The number of hydrogen-bond donors (Lipinski definition) is 1. The normalized spacial score (nSPS) is 22.9. The summed E-state index contributed by atoms with van der Waals surface area (Å²) in [7, 11) is 0. The van der Waals surface area contributed by atoms with Gasteiger partial charge in [0.1, 0.15) is 22.3 Å². The van der Waals surface area contributed by atoms with Crippen LogP contribution >= 0.6 is 24.0 Å². The number of fused-ring (bicyclic) bond motifs is 1. The van der Waals surface area contributed by atoms with Gasteiger partial charge in [-0.05, 0) is 42.9 Å². The molecule has 168 valence electrons. The van der Waals surface area contributed by atoms with Crippen LogP contribution in [0.4, 0.5) is 5.82 Å². The molecule has 1 amide bonds. The van der Waals surface area contributed by atoms with Crippen molar-refractivity contribution < 1.29 is 14.7 Å². The average molecular weight is 473 g/mol. The third-order valence-corrected chi connectivity index (χ3v) is 7.05. The molecule has 0 aliphatic carbocycles. The Morgan fingerprint density at radius 3 is 2.66 bits per heavy atom. The first-order valence-corrected chi connectivity index (χ1v) is 11.6. The van der Waals surface area contributed by atoms with E-state index < -0.39 is 18.4 Å². The third-order valence-electron chi connectivity index (χ3n) is 5.67. The van der Waals surface area contributed by atoms with E-state index >= 15 is 0 Å². The predicted molar refractivity (Wildman–Crippen MR) is 129 cm³/mol. The average Bonchev–Trinajstić information content (AvgIpc) is 2.96. The van der Waals surface area contributed by atoms with Gasteiger partial charge in [0, 0.05) is 19.3 Å². The van der Waals surface area contributed by atoms with Gasteiger partial charge in [-0.2, -0.15) is 0 Å². The maximum absolute atomic E-state index is 13.5. The van der Waals surface area contributed by atoms with Gasteiger partial charge in [0.05, 0.1) is 10.5 Å². The second-order valence-electron chi connectivity index (χ2n) is 8.55. The smallest absolute Gasteiger partial charge is 0.323 e. The first kappa shape index (κ1) is 22.5. The first-order valence-electron chi connectivity index (χ1n) is 10.4. The molecule has 4 heterocycles. The molecule has 2 aromatic rings. The molecule has 2 fully saturated rings. The van der Waals surface area contributed by atoms with Crippen LogP contribution in [0.2, 0.25) is 0 Å². The predicted octanol–water partition coefficient (Wildman–Crippen LogP) is 2.77. The Morgan fingerprint density at radius 2 is 2.00 bits per heavy atom. The van der Waals surface area contributed by atoms with Gasteiger partial charge < -0.3 is 10.0 Å². The number of carbonyl (C=O) groups excluding carboxylic acids is 1. The second-order valence-corrected chi connectivity index (χ2v) is 10.2. The van der Waals surface area contributed by atoms with E-state index in [0.717, 1.165) is 41.7 Å². The maximum atomic E-state index is 13.5. The van der Waals surface area contributed by atoms with Gasteiger partial charge in [0.15, 0.2) is 0 Å². The number of aryl methyl sites for hydroxylation is 1. The number of pyridine rings is 1. The summed E-state index contributed by atoms with van der Waals surface area (Å²) in [6, 6.07) is 3.69. The molecule has 2 aliphatic rings. The summed E-state index contributed by atoms with van der Waals surface area (Å²) < 4.78 is 1.65. The Kier molecular flexibility index (Phi) is 6.09. The van der Waals surface area contributed by atoms with E-state index in [1.807, 2.05) is 13.0 Å². The highest BCUT2D eigenvalue weighted by Crippen LogP contribution is 2.34. The van der Waals surface area contributed by atoms with Gasteiger partial charge in [0.25, 0.3) is 11.5 Å². The molecule has 0 spiro atoms. The molecule has 2 saturated heterocycles. The van der Waals surface area contributed by atoms with Crippen molar-refractivity contribution in [1.29, 1.82) is 0 Å². The molecule has 0 radical (unpaired) electrons. The summed E-state index contributed by atoms with van der Waals surface area (Å²) in [4.78, 5) is 45.7. The van der Waals surface area contributed by atoms with Gasteiger partial charge >= 0.3 is 5.97 Å². The molecule has 2 unspecified atom stereocenters. The SMILES string of the molecule is Cc1cccn2c(=O)c(/C=C3\SC(=S)N(CC(=O)O)C3=O)c(N3CC(C)CC(C)C3)nc12. The quantitative estimate of drug-likeness (QED) is 0.536. The highest BCUT2D eigenvalue weighted by Gasteiger charge is 2.34. The second kappa shape index (κ2) is 8.67. The zero-order valence-electron chi connectivity index (χ0n) is 18.1. The van der Waals surface area contributed by atoms with Crippen molar-refractivity contribution in [2.24, 2.45) is 11.8 Å². The summed E-state index contributed by atoms with van der Waals surface area (Å²) in [5.41, 5.74) is 1.49. The molecule has 1 N–H and O–H groups in total. The number of carbonyl (C=O) groups is 2. The zero-order valence-corrected chi connectivity index (χ0v) is 19.7. The number of thioether (sulfide) groups is 1. The molecule has 0 bridgehead atoms. The number of piperidine rings is 1. The van der Waals surface area contributed by atoms with E-state index in [1.165, 1.54) is 10.5 Å². The molecule has 0 saturated carbocycles. The van der Waals surface area contributed by atoms with Crippen molar-refractivity contribution >= 4 is 57.7 Å². The fourth-order valence-electron chi connectivity index (χ4n) is 4.41. The largest absolute Gasteiger partial charge is 0.480 e. The minimum absolute atomic E-state index is 0.162. The Bertz CT molecular complexity index is 1210. The highest BCUT2D eigenvalue weighted by atomic mass is 32.2. The van der Waals surface area contributed by atoms with Crippen LogP contribution in [0.15, 0.2) is 28.0 Å². The van der Waals surface area contributed by atoms with Crippen LogP contribution in [0.1, 0.15) is 31.4 Å². The summed E-state index contributed by atoms with van der Waals surface area (Å²) >= 11 is 6.20. The van der Waals surface area contributed by atoms with Crippen LogP contribution in [0.3, 0.4) is 0 Å². The molecule has 2 aromatic heterocycles. The Morgan fingerprint density at radius 1 is 1.31 bits per heavy atom. The molecule has 8 nitrogen and oxygen atoms in total. The Labute approximate surface area is 194 Å². The third kappa shape index (κ3) is 4.16. The minimum atomic E-state index is -1.15. The minimum Gasteiger partial charge on any atom is -0.480 e. The van der Waals surface area contributed by atoms with Crippen molar-refractivity contribution in [3.63, 3.8) is 0 Å². The maximum Gasteiger partial charge on any atom is 0.323 e. The van der Waals surface area contributed by atoms with Crippen molar-refractivity contribution in [2.45, 2.75) is 27.2 Å². The number of aliphatic carboxylic acids is 1. The molecule has 0 aromatic carbocycles. The van der Waals surface area contributed by atoms with Gasteiger partial charge in [-0.3, -0.25) is 23.7 Å². The van der Waals surface area contributed by atoms with Crippen LogP contribution in [0.25, 0.3) is 11.7 Å². The number of hydrogen-bond acceptors (Lipinski definition) is 7. The molecule has 32 heavy (non-hydrogen) atoms. The summed E-state index contributed by atoms with van der Waals surface area (Å²) in [6.07, 6.45) is 4.28. The lowest BCUT2D eigenvalue weighted by Gasteiger charge is -2.36. The number of rotatable bonds is 4. The van der Waals surface area contributed by atoms with Crippen molar-refractivity contribution in [3.8, 4) is 0 Å². The summed E-state index contributed by atoms with van der Waals surface area (Å²) in [5, 5.41) is 9.09. The van der Waals surface area contributed by atoms with Crippen LogP contribution in [-0.4, -0.2) is 55.2 Å². The van der Waals surface area contributed by atoms with Crippen LogP contribution in [0, 0.1) is 18.8 Å². The van der Waals surface area contributed by atoms with Crippen molar-refractivity contribution in [2.75, 3.05) is 24.5 Å². The van der Waals surface area contributed by atoms with Crippen LogP contribution in [-0.2, 0) is 9.59 Å². The van der Waals surface area contributed by atoms with E-state index in [0.29, 0.717) is 28.9 Å². The van der Waals surface area contributed by atoms with E-state index in [-0.39, 0.29) is 14.8 Å². The van der Waals surface area contributed by atoms with Crippen LogP contribution < -0.4 is 10.5 Å². The van der Waals surface area contributed by atoms with Crippen LogP contribution in [0.5, 0.6) is 0 Å². The Balaban J connectivity index is 1.88. The lowest BCUT2D eigenvalue weighted by atomic mass is 9.91. The number of nitrogens with zero attached hydrogens (tertiary/aromatic N) is 4. The first-order chi connectivity index (χ1) is 15.2. The van der Waals surface area contributed by atoms with Gasteiger partial charge in [-0.25, -0.2) is 4.98 Å². The van der Waals surface area contributed by atoms with Crippen molar-refractivity contribution in [3.05, 3.63) is 44.7 Å². The van der Waals surface area contributed by atoms with Gasteiger partial charge in [-0.1, -0.05) is 43.9 Å². The molecule has 2 aliphatic heterocycles. The van der Waals surface area contributed by atoms with Gasteiger partial charge in [0.2, 0.25) is 0 Å². The topological polar surface area (TPSA) is 95.2 Å². The lowest BCUT2D eigenvalue weighted by molar-refractivity contribution is -0.140. The molecule has 4 rings (SSSR count).